The summed E-state index contributed by atoms with van der Waals surface area (Å²) in [5.41, 5.74) is 0. The third-order valence-electron chi connectivity index (χ3n) is 2.42. The van der Waals surface area contributed by atoms with E-state index < -0.39 is 0 Å². The number of rotatable bonds is 3. The van der Waals surface area contributed by atoms with Crippen LogP contribution in [0.2, 0.25) is 0 Å². The number of anilines is 1. The molecular weight excluding hydrogens is 250 g/mol. The second-order valence-corrected chi connectivity index (χ2v) is 5.65. The van der Waals surface area contributed by atoms with Crippen LogP contribution in [-0.2, 0) is 0 Å². The topological polar surface area (TPSA) is 37.8 Å². The van der Waals surface area contributed by atoms with Crippen molar-refractivity contribution >= 4 is 32.4 Å². The smallest absolute Gasteiger partial charge is 0.206 e. The van der Waals surface area contributed by atoms with Crippen LogP contribution in [0.1, 0.15) is 25.7 Å². The van der Waals surface area contributed by atoms with Crippen LogP contribution in [0.5, 0.6) is 0 Å². The minimum absolute atomic E-state index is 0.849. The summed E-state index contributed by atoms with van der Waals surface area (Å²) in [6.07, 6.45) is 5.53. The molecule has 0 atom stereocenters. The number of hydrogen-bond acceptors (Lipinski definition) is 4. The van der Waals surface area contributed by atoms with Gasteiger partial charge in [-0.1, -0.05) is 24.2 Å². The zero-order chi connectivity index (χ0) is 9.10. The molecule has 3 nitrogen and oxygen atoms in total. The van der Waals surface area contributed by atoms with Crippen LogP contribution in [-0.4, -0.2) is 16.7 Å². The SMILES string of the molecule is Brc1nnc(NCC2CCCC2)s1. The van der Waals surface area contributed by atoms with Crippen molar-refractivity contribution in [3.05, 3.63) is 3.92 Å². The summed E-state index contributed by atoms with van der Waals surface area (Å²) < 4.78 is 0.849. The van der Waals surface area contributed by atoms with Crippen LogP contribution in [0.15, 0.2) is 3.92 Å². The van der Waals surface area contributed by atoms with Crippen LogP contribution in [0.4, 0.5) is 5.13 Å². The lowest BCUT2D eigenvalue weighted by atomic mass is 10.1. The highest BCUT2D eigenvalue weighted by Gasteiger charge is 2.14. The van der Waals surface area contributed by atoms with Crippen LogP contribution in [0.25, 0.3) is 0 Å². The highest BCUT2D eigenvalue weighted by Crippen LogP contribution is 2.26. The minimum atomic E-state index is 0.849. The van der Waals surface area contributed by atoms with Crippen molar-refractivity contribution in [2.75, 3.05) is 11.9 Å². The van der Waals surface area contributed by atoms with Gasteiger partial charge in [0.25, 0.3) is 0 Å². The molecule has 0 amide bonds. The van der Waals surface area contributed by atoms with Crippen molar-refractivity contribution in [1.82, 2.24) is 10.2 Å². The predicted octanol–water partition coefficient (Wildman–Crippen LogP) is 2.90. The molecule has 0 saturated heterocycles. The Morgan fingerprint density at radius 2 is 2.15 bits per heavy atom. The first kappa shape index (κ1) is 9.40. The van der Waals surface area contributed by atoms with Crippen LogP contribution in [0.3, 0.4) is 0 Å². The maximum Gasteiger partial charge on any atom is 0.206 e. The summed E-state index contributed by atoms with van der Waals surface area (Å²) in [6.45, 7) is 1.06. The van der Waals surface area contributed by atoms with E-state index in [-0.39, 0.29) is 0 Å². The lowest BCUT2D eigenvalue weighted by Gasteiger charge is -2.07. The van der Waals surface area contributed by atoms with Gasteiger partial charge < -0.3 is 5.32 Å². The molecule has 1 aromatic heterocycles. The highest BCUT2D eigenvalue weighted by atomic mass is 79.9. The van der Waals surface area contributed by atoms with Gasteiger partial charge in [0.05, 0.1) is 0 Å². The minimum Gasteiger partial charge on any atom is -0.360 e. The zero-order valence-corrected chi connectivity index (χ0v) is 9.70. The van der Waals surface area contributed by atoms with E-state index in [0.29, 0.717) is 0 Å². The fourth-order valence-corrected chi connectivity index (χ4v) is 2.74. The van der Waals surface area contributed by atoms with Crippen molar-refractivity contribution in [2.24, 2.45) is 5.92 Å². The van der Waals surface area contributed by atoms with Gasteiger partial charge in [0.15, 0.2) is 3.92 Å². The molecule has 72 valence electrons. The Morgan fingerprint density at radius 1 is 1.38 bits per heavy atom. The van der Waals surface area contributed by atoms with E-state index in [9.17, 15) is 0 Å². The third-order valence-corrected chi connectivity index (χ3v) is 3.73. The first-order valence-electron chi connectivity index (χ1n) is 4.57. The van der Waals surface area contributed by atoms with E-state index in [1.807, 2.05) is 0 Å². The average Bonchev–Trinajstić information content (AvgIpc) is 2.71. The Morgan fingerprint density at radius 3 is 2.77 bits per heavy atom. The van der Waals surface area contributed by atoms with Gasteiger partial charge in [0.1, 0.15) is 0 Å². The normalized spacial score (nSPS) is 17.9. The molecule has 1 aliphatic rings. The maximum absolute atomic E-state index is 3.99. The molecule has 0 bridgehead atoms. The number of nitrogens with one attached hydrogen (secondary N) is 1. The van der Waals surface area contributed by atoms with Gasteiger partial charge in [-0.25, -0.2) is 0 Å². The fraction of sp³-hybridized carbons (Fsp3) is 0.750. The van der Waals surface area contributed by atoms with Crippen molar-refractivity contribution in [3.63, 3.8) is 0 Å². The Kier molecular flexibility index (Phi) is 3.16. The van der Waals surface area contributed by atoms with Crippen molar-refractivity contribution < 1.29 is 0 Å². The second-order valence-electron chi connectivity index (χ2n) is 3.39. The van der Waals surface area contributed by atoms with E-state index in [2.05, 4.69) is 31.4 Å². The summed E-state index contributed by atoms with van der Waals surface area (Å²) in [5.74, 6) is 0.850. The molecule has 0 radical (unpaired) electrons. The summed E-state index contributed by atoms with van der Waals surface area (Å²) in [4.78, 5) is 0. The Labute approximate surface area is 90.1 Å². The van der Waals surface area contributed by atoms with Crippen molar-refractivity contribution in [1.29, 1.82) is 0 Å². The molecule has 1 heterocycles. The molecule has 1 N–H and O–H groups in total. The molecule has 1 saturated carbocycles. The fourth-order valence-electron chi connectivity index (χ4n) is 1.72. The number of aromatic nitrogens is 2. The van der Waals surface area contributed by atoms with E-state index >= 15 is 0 Å². The molecule has 1 aliphatic carbocycles. The molecule has 13 heavy (non-hydrogen) atoms. The quantitative estimate of drug-likeness (QED) is 0.910. The largest absolute Gasteiger partial charge is 0.360 e. The highest BCUT2D eigenvalue weighted by molar-refractivity contribution is 9.11. The van der Waals surface area contributed by atoms with E-state index in [1.165, 1.54) is 25.7 Å². The number of nitrogens with zero attached hydrogens (tertiary/aromatic N) is 2. The maximum atomic E-state index is 3.99. The molecule has 2 rings (SSSR count). The monoisotopic (exact) mass is 261 g/mol. The average molecular weight is 262 g/mol. The van der Waals surface area contributed by atoms with Gasteiger partial charge in [-0.15, -0.1) is 10.2 Å². The van der Waals surface area contributed by atoms with E-state index in [1.54, 1.807) is 11.3 Å². The van der Waals surface area contributed by atoms with Gasteiger partial charge in [-0.05, 0) is 34.7 Å². The lowest BCUT2D eigenvalue weighted by molar-refractivity contribution is 0.579. The van der Waals surface area contributed by atoms with Gasteiger partial charge >= 0.3 is 0 Å². The lowest BCUT2D eigenvalue weighted by Crippen LogP contribution is -2.10. The summed E-state index contributed by atoms with van der Waals surface area (Å²) in [6, 6.07) is 0. The molecular formula is C8H12BrN3S. The van der Waals surface area contributed by atoms with Crippen molar-refractivity contribution in [2.45, 2.75) is 25.7 Å². The van der Waals surface area contributed by atoms with Gasteiger partial charge in [0.2, 0.25) is 5.13 Å². The third kappa shape index (κ3) is 2.64. The first-order chi connectivity index (χ1) is 6.34. The molecule has 1 fully saturated rings. The Hall–Kier alpha value is -0.160. The van der Waals surface area contributed by atoms with Crippen molar-refractivity contribution in [3.8, 4) is 0 Å². The number of halogens is 1. The van der Waals surface area contributed by atoms with Gasteiger partial charge in [-0.3, -0.25) is 0 Å². The summed E-state index contributed by atoms with van der Waals surface area (Å²) in [7, 11) is 0. The van der Waals surface area contributed by atoms with Gasteiger partial charge in [-0.2, -0.15) is 0 Å². The van der Waals surface area contributed by atoms with Crippen LogP contribution in [0, 0.1) is 5.92 Å². The molecule has 0 spiro atoms. The molecule has 0 unspecified atom stereocenters. The van der Waals surface area contributed by atoms with Crippen LogP contribution < -0.4 is 5.32 Å². The second kappa shape index (κ2) is 4.37. The Bertz CT molecular complexity index is 270. The number of hydrogen-bond donors (Lipinski definition) is 1. The summed E-state index contributed by atoms with van der Waals surface area (Å²) >= 11 is 4.84. The molecule has 0 aromatic carbocycles. The van der Waals surface area contributed by atoms with E-state index in [4.69, 9.17) is 0 Å². The van der Waals surface area contributed by atoms with Gasteiger partial charge in [0, 0.05) is 6.54 Å². The zero-order valence-electron chi connectivity index (χ0n) is 7.29. The Balaban J connectivity index is 1.78. The standard InChI is InChI=1S/C8H12BrN3S/c9-7-11-12-8(13-7)10-5-6-3-1-2-4-6/h6H,1-5H2,(H,10,12). The predicted molar refractivity (Wildman–Crippen MR) is 58.1 cm³/mol. The van der Waals surface area contributed by atoms with Crippen LogP contribution >= 0.6 is 27.3 Å². The molecule has 0 aliphatic heterocycles. The first-order valence-corrected chi connectivity index (χ1v) is 6.18. The molecule has 1 aromatic rings. The molecule has 5 heteroatoms. The van der Waals surface area contributed by atoms with E-state index in [0.717, 1.165) is 21.5 Å². The summed E-state index contributed by atoms with van der Waals surface area (Å²) in [5, 5.41) is 12.1.